The third kappa shape index (κ3) is 1.78. The Hall–Kier alpha value is -1.55. The van der Waals surface area contributed by atoms with Crippen molar-refractivity contribution in [3.8, 4) is 5.75 Å². The summed E-state index contributed by atoms with van der Waals surface area (Å²) < 4.78 is 7.47. The molecule has 90 valence electrons. The predicted octanol–water partition coefficient (Wildman–Crippen LogP) is 2.16. The van der Waals surface area contributed by atoms with Crippen molar-refractivity contribution in [2.75, 3.05) is 13.7 Å². The number of pyridine rings is 1. The first-order chi connectivity index (χ1) is 8.40. The molecule has 1 fully saturated rings. The van der Waals surface area contributed by atoms with Crippen LogP contribution in [-0.4, -0.2) is 23.0 Å². The van der Waals surface area contributed by atoms with Gasteiger partial charge >= 0.3 is 0 Å². The normalized spacial score (nSPS) is 20.6. The van der Waals surface area contributed by atoms with Crippen molar-refractivity contribution in [1.82, 2.24) is 14.7 Å². The zero-order chi connectivity index (χ0) is 11.7. The van der Waals surface area contributed by atoms with E-state index in [0.717, 1.165) is 30.1 Å². The van der Waals surface area contributed by atoms with E-state index in [-0.39, 0.29) is 0 Å². The van der Waals surface area contributed by atoms with E-state index in [9.17, 15) is 0 Å². The fourth-order valence-corrected chi connectivity index (χ4v) is 2.52. The van der Waals surface area contributed by atoms with Crippen LogP contribution in [0.25, 0.3) is 5.52 Å². The fourth-order valence-electron chi connectivity index (χ4n) is 2.52. The Morgan fingerprint density at radius 2 is 2.41 bits per heavy atom. The topological polar surface area (TPSA) is 38.6 Å². The van der Waals surface area contributed by atoms with Gasteiger partial charge in [0, 0.05) is 6.20 Å². The molecule has 17 heavy (non-hydrogen) atoms. The van der Waals surface area contributed by atoms with E-state index in [0.29, 0.717) is 6.04 Å². The minimum Gasteiger partial charge on any atom is -0.494 e. The number of nitrogens with one attached hydrogen (secondary N) is 1. The molecule has 0 radical (unpaired) electrons. The number of piperidine rings is 1. The molecule has 0 amide bonds. The van der Waals surface area contributed by atoms with Gasteiger partial charge in [-0.1, -0.05) is 6.42 Å². The average molecular weight is 231 g/mol. The second-order valence-electron chi connectivity index (χ2n) is 4.45. The number of imidazole rings is 1. The highest BCUT2D eigenvalue weighted by Crippen LogP contribution is 2.26. The van der Waals surface area contributed by atoms with Crippen LogP contribution >= 0.6 is 0 Å². The van der Waals surface area contributed by atoms with Gasteiger partial charge in [-0.3, -0.25) is 4.40 Å². The molecular formula is C13H17N3O. The van der Waals surface area contributed by atoms with Gasteiger partial charge in [0.1, 0.15) is 17.1 Å². The van der Waals surface area contributed by atoms with E-state index in [2.05, 4.69) is 20.9 Å². The van der Waals surface area contributed by atoms with Crippen molar-refractivity contribution >= 4 is 5.52 Å². The number of rotatable bonds is 2. The maximum Gasteiger partial charge on any atom is 0.144 e. The van der Waals surface area contributed by atoms with Crippen LogP contribution in [0.5, 0.6) is 5.75 Å². The summed E-state index contributed by atoms with van der Waals surface area (Å²) in [4.78, 5) is 4.55. The molecule has 3 rings (SSSR count). The zero-order valence-electron chi connectivity index (χ0n) is 10.0. The lowest BCUT2D eigenvalue weighted by atomic mass is 10.0. The number of aromatic nitrogens is 2. The number of hydrogen-bond donors (Lipinski definition) is 1. The summed E-state index contributed by atoms with van der Waals surface area (Å²) in [5, 5.41) is 3.53. The number of fused-ring (bicyclic) bond motifs is 1. The van der Waals surface area contributed by atoms with Crippen molar-refractivity contribution < 1.29 is 4.74 Å². The first-order valence-corrected chi connectivity index (χ1v) is 6.13. The van der Waals surface area contributed by atoms with E-state index in [1.54, 1.807) is 7.11 Å². The average Bonchev–Trinajstić information content (AvgIpc) is 2.83. The van der Waals surface area contributed by atoms with Crippen LogP contribution in [0.1, 0.15) is 31.1 Å². The van der Waals surface area contributed by atoms with Crippen LogP contribution in [0.2, 0.25) is 0 Å². The Balaban J connectivity index is 2.05. The molecular weight excluding hydrogens is 214 g/mol. The highest BCUT2D eigenvalue weighted by atomic mass is 16.5. The summed E-state index contributed by atoms with van der Waals surface area (Å²) >= 11 is 0. The van der Waals surface area contributed by atoms with Gasteiger partial charge in [-0.05, 0) is 31.5 Å². The van der Waals surface area contributed by atoms with Crippen LogP contribution in [0.3, 0.4) is 0 Å². The molecule has 1 N–H and O–H groups in total. The summed E-state index contributed by atoms with van der Waals surface area (Å²) in [6, 6.07) is 4.34. The van der Waals surface area contributed by atoms with Gasteiger partial charge in [0.05, 0.1) is 19.3 Å². The molecule has 1 aliphatic heterocycles. The van der Waals surface area contributed by atoms with Gasteiger partial charge in [-0.2, -0.15) is 0 Å². The van der Waals surface area contributed by atoms with Gasteiger partial charge in [-0.25, -0.2) is 4.98 Å². The van der Waals surface area contributed by atoms with Crippen LogP contribution in [0, 0.1) is 0 Å². The largest absolute Gasteiger partial charge is 0.494 e. The molecule has 4 heteroatoms. The molecule has 0 aromatic carbocycles. The molecule has 0 spiro atoms. The minimum atomic E-state index is 0.373. The number of methoxy groups -OCH3 is 1. The molecule has 2 aromatic heterocycles. The Morgan fingerprint density at radius 1 is 1.47 bits per heavy atom. The van der Waals surface area contributed by atoms with Crippen molar-refractivity contribution in [2.45, 2.75) is 25.3 Å². The molecule has 0 bridgehead atoms. The second-order valence-corrected chi connectivity index (χ2v) is 4.45. The Kier molecular flexibility index (Phi) is 2.73. The van der Waals surface area contributed by atoms with Crippen LogP contribution in [-0.2, 0) is 0 Å². The fraction of sp³-hybridized carbons (Fsp3) is 0.462. The molecule has 1 atom stereocenters. The Labute approximate surface area is 101 Å². The number of hydrogen-bond acceptors (Lipinski definition) is 3. The van der Waals surface area contributed by atoms with Gasteiger partial charge in [-0.15, -0.1) is 0 Å². The van der Waals surface area contributed by atoms with Gasteiger partial charge < -0.3 is 10.1 Å². The van der Waals surface area contributed by atoms with Gasteiger partial charge in [0.15, 0.2) is 0 Å². The quantitative estimate of drug-likeness (QED) is 0.860. The molecule has 4 nitrogen and oxygen atoms in total. The standard InChI is InChI=1S/C13H17N3O/c1-17-12-6-4-8-16-11(12)9-15-13(16)10-5-2-3-7-14-10/h4,6,8-10,14H,2-3,5,7H2,1H3. The van der Waals surface area contributed by atoms with Crippen LogP contribution in [0.15, 0.2) is 24.5 Å². The Bertz CT molecular complexity index is 514. The molecule has 0 saturated carbocycles. The molecule has 3 heterocycles. The van der Waals surface area contributed by atoms with Crippen LogP contribution in [0.4, 0.5) is 0 Å². The first-order valence-electron chi connectivity index (χ1n) is 6.13. The monoisotopic (exact) mass is 231 g/mol. The zero-order valence-corrected chi connectivity index (χ0v) is 10.0. The number of nitrogens with zero attached hydrogens (tertiary/aromatic N) is 2. The van der Waals surface area contributed by atoms with E-state index in [1.807, 2.05) is 18.3 Å². The summed E-state index contributed by atoms with van der Waals surface area (Å²) in [5.41, 5.74) is 1.04. The van der Waals surface area contributed by atoms with E-state index < -0.39 is 0 Å². The third-order valence-electron chi connectivity index (χ3n) is 3.40. The third-order valence-corrected chi connectivity index (χ3v) is 3.40. The predicted molar refractivity (Wildman–Crippen MR) is 66.3 cm³/mol. The lowest BCUT2D eigenvalue weighted by Gasteiger charge is -2.22. The van der Waals surface area contributed by atoms with Crippen molar-refractivity contribution in [3.05, 3.63) is 30.4 Å². The summed E-state index contributed by atoms with van der Waals surface area (Å²) in [7, 11) is 1.70. The maximum atomic E-state index is 5.35. The summed E-state index contributed by atoms with van der Waals surface area (Å²) in [6.45, 7) is 1.09. The molecule has 1 unspecified atom stereocenters. The van der Waals surface area contributed by atoms with Crippen LogP contribution < -0.4 is 10.1 Å². The minimum absolute atomic E-state index is 0.373. The molecule has 1 aliphatic rings. The molecule has 0 aliphatic carbocycles. The summed E-state index contributed by atoms with van der Waals surface area (Å²) in [5.74, 6) is 1.97. The van der Waals surface area contributed by atoms with Crippen molar-refractivity contribution in [2.24, 2.45) is 0 Å². The first kappa shape index (κ1) is 10.6. The highest BCUT2D eigenvalue weighted by molar-refractivity contribution is 5.59. The van der Waals surface area contributed by atoms with Gasteiger partial charge in [0.2, 0.25) is 0 Å². The lowest BCUT2D eigenvalue weighted by molar-refractivity contribution is 0.395. The molecule has 2 aromatic rings. The maximum absolute atomic E-state index is 5.35. The smallest absolute Gasteiger partial charge is 0.144 e. The van der Waals surface area contributed by atoms with Crippen molar-refractivity contribution in [1.29, 1.82) is 0 Å². The SMILES string of the molecule is COc1cccn2c(C3CCCCN3)ncc12. The Morgan fingerprint density at radius 3 is 3.18 bits per heavy atom. The summed E-state index contributed by atoms with van der Waals surface area (Å²) in [6.07, 6.45) is 7.65. The highest BCUT2D eigenvalue weighted by Gasteiger charge is 2.19. The molecule has 1 saturated heterocycles. The van der Waals surface area contributed by atoms with E-state index >= 15 is 0 Å². The number of ether oxygens (including phenoxy) is 1. The second kappa shape index (κ2) is 4.37. The van der Waals surface area contributed by atoms with Crippen molar-refractivity contribution in [3.63, 3.8) is 0 Å². The lowest BCUT2D eigenvalue weighted by Crippen LogP contribution is -2.28. The van der Waals surface area contributed by atoms with E-state index in [4.69, 9.17) is 4.74 Å². The van der Waals surface area contributed by atoms with Gasteiger partial charge in [0.25, 0.3) is 0 Å². The van der Waals surface area contributed by atoms with E-state index in [1.165, 1.54) is 12.8 Å².